The molecule has 0 radical (unpaired) electrons. The molecule has 14 heavy (non-hydrogen) atoms. The van der Waals surface area contributed by atoms with E-state index in [-0.39, 0.29) is 6.61 Å². The molecule has 0 bridgehead atoms. The van der Waals surface area contributed by atoms with Gasteiger partial charge in [0.1, 0.15) is 5.82 Å². The van der Waals surface area contributed by atoms with Gasteiger partial charge >= 0.3 is 0 Å². The molecular formula is C9H16N2OS2. The van der Waals surface area contributed by atoms with E-state index < -0.39 is 0 Å². The Bertz CT molecular complexity index is 276. The van der Waals surface area contributed by atoms with Crippen LogP contribution in [0.3, 0.4) is 0 Å². The standard InChI is InChI=1S/C9H16N2OS2/c1-6(2)8-10-9(14-11-8)13-5-7(3)4-12/h6-7,12H,4-5H2,1-3H3. The number of aliphatic hydroxyl groups is 1. The summed E-state index contributed by atoms with van der Waals surface area (Å²) in [4.78, 5) is 4.40. The summed E-state index contributed by atoms with van der Waals surface area (Å²) >= 11 is 3.13. The third-order valence-electron chi connectivity index (χ3n) is 1.74. The SMILES string of the molecule is CC(CO)CSc1nc(C(C)C)ns1. The maximum atomic E-state index is 8.86. The molecular weight excluding hydrogens is 216 g/mol. The first-order valence-electron chi connectivity index (χ1n) is 4.70. The first-order valence-corrected chi connectivity index (χ1v) is 6.46. The van der Waals surface area contributed by atoms with Crippen molar-refractivity contribution < 1.29 is 5.11 Å². The number of hydrogen-bond donors (Lipinski definition) is 1. The highest BCUT2D eigenvalue weighted by Gasteiger charge is 2.09. The summed E-state index contributed by atoms with van der Waals surface area (Å²) < 4.78 is 5.28. The second kappa shape index (κ2) is 5.68. The van der Waals surface area contributed by atoms with Gasteiger partial charge in [0.25, 0.3) is 0 Å². The van der Waals surface area contributed by atoms with Crippen molar-refractivity contribution >= 4 is 23.3 Å². The van der Waals surface area contributed by atoms with E-state index in [0.717, 1.165) is 15.9 Å². The van der Waals surface area contributed by atoms with Gasteiger partial charge < -0.3 is 5.11 Å². The zero-order valence-electron chi connectivity index (χ0n) is 8.73. The zero-order chi connectivity index (χ0) is 10.6. The van der Waals surface area contributed by atoms with Crippen LogP contribution < -0.4 is 0 Å². The van der Waals surface area contributed by atoms with Gasteiger partial charge in [-0.3, -0.25) is 0 Å². The lowest BCUT2D eigenvalue weighted by Crippen LogP contribution is -2.02. The van der Waals surface area contributed by atoms with Crippen LogP contribution in [0.2, 0.25) is 0 Å². The minimum atomic E-state index is 0.239. The third-order valence-corrected chi connectivity index (χ3v) is 3.92. The Labute approximate surface area is 93.1 Å². The number of aromatic nitrogens is 2. The first kappa shape index (κ1) is 11.9. The zero-order valence-corrected chi connectivity index (χ0v) is 10.4. The van der Waals surface area contributed by atoms with Gasteiger partial charge in [0.05, 0.1) is 0 Å². The summed E-state index contributed by atoms with van der Waals surface area (Å²) in [7, 11) is 0. The molecule has 1 heterocycles. The van der Waals surface area contributed by atoms with Crippen LogP contribution in [0.1, 0.15) is 32.5 Å². The molecule has 0 spiro atoms. The lowest BCUT2D eigenvalue weighted by Gasteiger charge is -2.03. The molecule has 0 aliphatic carbocycles. The summed E-state index contributed by atoms with van der Waals surface area (Å²) in [5.74, 6) is 2.56. The molecule has 0 fully saturated rings. The maximum Gasteiger partial charge on any atom is 0.170 e. The molecule has 1 rings (SSSR count). The van der Waals surface area contributed by atoms with Crippen LogP contribution in [0, 0.1) is 5.92 Å². The van der Waals surface area contributed by atoms with E-state index in [4.69, 9.17) is 5.11 Å². The lowest BCUT2D eigenvalue weighted by molar-refractivity contribution is 0.250. The Balaban J connectivity index is 2.44. The third kappa shape index (κ3) is 3.55. The predicted molar refractivity (Wildman–Crippen MR) is 61.0 cm³/mol. The van der Waals surface area contributed by atoms with Gasteiger partial charge in [-0.25, -0.2) is 4.98 Å². The highest BCUT2D eigenvalue weighted by Crippen LogP contribution is 2.24. The number of aliphatic hydroxyl groups excluding tert-OH is 1. The molecule has 1 aromatic heterocycles. The van der Waals surface area contributed by atoms with Crippen LogP contribution in [-0.2, 0) is 0 Å². The predicted octanol–water partition coefficient (Wildman–Crippen LogP) is 2.38. The van der Waals surface area contributed by atoms with Gasteiger partial charge in [0, 0.05) is 18.3 Å². The van der Waals surface area contributed by atoms with Crippen molar-refractivity contribution in [1.29, 1.82) is 0 Å². The highest BCUT2D eigenvalue weighted by atomic mass is 32.2. The number of thioether (sulfide) groups is 1. The van der Waals surface area contributed by atoms with Crippen LogP contribution >= 0.6 is 23.3 Å². The van der Waals surface area contributed by atoms with Crippen LogP contribution in [0.15, 0.2) is 4.34 Å². The number of rotatable bonds is 5. The fourth-order valence-corrected chi connectivity index (χ4v) is 2.55. The molecule has 0 aromatic carbocycles. The summed E-state index contributed by atoms with van der Waals surface area (Å²) in [5, 5.41) is 8.86. The molecule has 80 valence electrons. The topological polar surface area (TPSA) is 46.0 Å². The quantitative estimate of drug-likeness (QED) is 0.792. The molecule has 0 saturated carbocycles. The average Bonchev–Trinajstić information content (AvgIpc) is 2.62. The molecule has 1 atom stereocenters. The van der Waals surface area contributed by atoms with Gasteiger partial charge in [-0.15, -0.1) is 0 Å². The molecule has 0 aliphatic heterocycles. The molecule has 1 unspecified atom stereocenters. The molecule has 0 aliphatic rings. The van der Waals surface area contributed by atoms with Crippen LogP contribution in [0.4, 0.5) is 0 Å². The molecule has 1 N–H and O–H groups in total. The van der Waals surface area contributed by atoms with Gasteiger partial charge in [-0.1, -0.05) is 32.5 Å². The van der Waals surface area contributed by atoms with E-state index in [2.05, 4.69) is 23.2 Å². The van der Waals surface area contributed by atoms with E-state index in [1.807, 2.05) is 6.92 Å². The lowest BCUT2D eigenvalue weighted by atomic mass is 10.2. The molecule has 3 nitrogen and oxygen atoms in total. The fraction of sp³-hybridized carbons (Fsp3) is 0.778. The fourth-order valence-electron chi connectivity index (χ4n) is 0.780. The number of nitrogens with zero attached hydrogens (tertiary/aromatic N) is 2. The molecule has 5 heteroatoms. The van der Waals surface area contributed by atoms with Crippen molar-refractivity contribution in [3.63, 3.8) is 0 Å². The first-order chi connectivity index (χ1) is 6.63. The smallest absolute Gasteiger partial charge is 0.170 e. The normalized spacial score (nSPS) is 13.5. The van der Waals surface area contributed by atoms with Crippen molar-refractivity contribution in [2.75, 3.05) is 12.4 Å². The number of hydrogen-bond acceptors (Lipinski definition) is 5. The van der Waals surface area contributed by atoms with Crippen molar-refractivity contribution in [2.45, 2.75) is 31.0 Å². The van der Waals surface area contributed by atoms with Gasteiger partial charge in [-0.2, -0.15) is 4.37 Å². The molecule has 0 amide bonds. The van der Waals surface area contributed by atoms with Crippen molar-refractivity contribution in [3.8, 4) is 0 Å². The van der Waals surface area contributed by atoms with Crippen molar-refractivity contribution in [2.24, 2.45) is 5.92 Å². The van der Waals surface area contributed by atoms with E-state index in [1.54, 1.807) is 11.8 Å². The summed E-state index contributed by atoms with van der Waals surface area (Å²) in [6, 6.07) is 0. The van der Waals surface area contributed by atoms with Crippen molar-refractivity contribution in [3.05, 3.63) is 5.82 Å². The van der Waals surface area contributed by atoms with E-state index >= 15 is 0 Å². The van der Waals surface area contributed by atoms with Crippen LogP contribution in [-0.4, -0.2) is 26.8 Å². The largest absolute Gasteiger partial charge is 0.396 e. The Morgan fingerprint density at radius 3 is 2.64 bits per heavy atom. The van der Waals surface area contributed by atoms with Crippen LogP contribution in [0.25, 0.3) is 0 Å². The Hall–Kier alpha value is -0.130. The Morgan fingerprint density at radius 2 is 2.14 bits per heavy atom. The Kier molecular flexibility index (Phi) is 4.84. The van der Waals surface area contributed by atoms with E-state index in [0.29, 0.717) is 11.8 Å². The maximum absolute atomic E-state index is 8.86. The summed E-state index contributed by atoms with van der Waals surface area (Å²) in [6.45, 7) is 6.44. The minimum Gasteiger partial charge on any atom is -0.396 e. The van der Waals surface area contributed by atoms with E-state index in [1.165, 1.54) is 11.5 Å². The van der Waals surface area contributed by atoms with Gasteiger partial charge in [-0.05, 0) is 17.5 Å². The summed E-state index contributed by atoms with van der Waals surface area (Å²) in [5.41, 5.74) is 0. The van der Waals surface area contributed by atoms with Gasteiger partial charge in [0.15, 0.2) is 4.34 Å². The van der Waals surface area contributed by atoms with Crippen molar-refractivity contribution in [1.82, 2.24) is 9.36 Å². The Morgan fingerprint density at radius 1 is 1.43 bits per heavy atom. The highest BCUT2D eigenvalue weighted by molar-refractivity contribution is 8.00. The minimum absolute atomic E-state index is 0.239. The molecule has 1 aromatic rings. The van der Waals surface area contributed by atoms with Crippen LogP contribution in [0.5, 0.6) is 0 Å². The van der Waals surface area contributed by atoms with E-state index in [9.17, 15) is 0 Å². The molecule has 0 saturated heterocycles. The van der Waals surface area contributed by atoms with Gasteiger partial charge in [0.2, 0.25) is 0 Å². The summed E-state index contributed by atoms with van der Waals surface area (Å²) in [6.07, 6.45) is 0. The monoisotopic (exact) mass is 232 g/mol. The average molecular weight is 232 g/mol. The second-order valence-corrected chi connectivity index (χ2v) is 5.69. The second-order valence-electron chi connectivity index (χ2n) is 3.67.